The second kappa shape index (κ2) is 7.38. The normalized spacial score (nSPS) is 18.0. The molecule has 0 amide bonds. The molecule has 2 aromatic rings. The average Bonchev–Trinajstić information content (AvgIpc) is 2.94. The van der Waals surface area contributed by atoms with E-state index in [1.807, 2.05) is 13.0 Å². The molecule has 1 N–H and O–H groups in total. The van der Waals surface area contributed by atoms with Gasteiger partial charge in [0.15, 0.2) is 5.76 Å². The summed E-state index contributed by atoms with van der Waals surface area (Å²) in [6.45, 7) is 6.14. The van der Waals surface area contributed by atoms with Gasteiger partial charge in [-0.15, -0.1) is 0 Å². The predicted octanol–water partition coefficient (Wildman–Crippen LogP) is 2.11. The Morgan fingerprint density at radius 3 is 2.50 bits per heavy atom. The van der Waals surface area contributed by atoms with Crippen molar-refractivity contribution in [3.8, 4) is 0 Å². The van der Waals surface area contributed by atoms with Gasteiger partial charge in [-0.25, -0.2) is 8.78 Å². The Morgan fingerprint density at radius 1 is 1.17 bits per heavy atom. The number of halogens is 2. The number of nitrogens with zero attached hydrogens (tertiary/aromatic N) is 3. The first-order chi connectivity index (χ1) is 11.5. The molecule has 2 heterocycles. The van der Waals surface area contributed by atoms with Gasteiger partial charge in [-0.3, -0.25) is 9.80 Å². The molecule has 1 fully saturated rings. The topological polar surface area (TPSA) is 52.7 Å². The van der Waals surface area contributed by atoms with E-state index in [1.165, 1.54) is 12.1 Å². The average molecular weight is 337 g/mol. The zero-order valence-corrected chi connectivity index (χ0v) is 13.6. The van der Waals surface area contributed by atoms with Crippen LogP contribution in [0.4, 0.5) is 8.78 Å². The quantitative estimate of drug-likeness (QED) is 0.906. The van der Waals surface area contributed by atoms with Crippen LogP contribution in [0, 0.1) is 18.6 Å². The largest absolute Gasteiger partial charge is 0.387 e. The Bertz CT molecular complexity index is 684. The van der Waals surface area contributed by atoms with E-state index in [4.69, 9.17) is 4.52 Å². The molecule has 1 aliphatic heterocycles. The first-order valence-corrected chi connectivity index (χ1v) is 8.01. The summed E-state index contributed by atoms with van der Waals surface area (Å²) < 4.78 is 31.9. The van der Waals surface area contributed by atoms with Crippen LogP contribution < -0.4 is 0 Å². The standard InChI is InChI=1S/C17H21F2N3O2/c1-12-8-14(24-20-12)10-21-4-6-22(7-5-21)11-17(23)15-3-2-13(18)9-16(15)19/h2-3,8-9,17,23H,4-7,10-11H2,1H3. The molecule has 0 radical (unpaired) electrons. The van der Waals surface area contributed by atoms with Crippen LogP contribution in [-0.4, -0.2) is 52.8 Å². The number of aromatic nitrogens is 1. The summed E-state index contributed by atoms with van der Waals surface area (Å²) >= 11 is 0. The predicted molar refractivity (Wildman–Crippen MR) is 84.3 cm³/mol. The van der Waals surface area contributed by atoms with Gasteiger partial charge >= 0.3 is 0 Å². The number of aliphatic hydroxyl groups excluding tert-OH is 1. The zero-order chi connectivity index (χ0) is 17.1. The summed E-state index contributed by atoms with van der Waals surface area (Å²) in [5.41, 5.74) is 1.00. The molecule has 24 heavy (non-hydrogen) atoms. The summed E-state index contributed by atoms with van der Waals surface area (Å²) in [7, 11) is 0. The monoisotopic (exact) mass is 337 g/mol. The van der Waals surface area contributed by atoms with Crippen molar-refractivity contribution in [3.05, 3.63) is 52.9 Å². The van der Waals surface area contributed by atoms with Crippen LogP contribution in [0.1, 0.15) is 23.1 Å². The number of rotatable bonds is 5. The van der Waals surface area contributed by atoms with Gasteiger partial charge < -0.3 is 9.63 Å². The van der Waals surface area contributed by atoms with Crippen molar-refractivity contribution in [2.45, 2.75) is 19.6 Å². The van der Waals surface area contributed by atoms with Crippen LogP contribution in [0.5, 0.6) is 0 Å². The van der Waals surface area contributed by atoms with Crippen LogP contribution in [0.25, 0.3) is 0 Å². The molecule has 1 saturated heterocycles. The second-order valence-electron chi connectivity index (χ2n) is 6.19. The number of aryl methyl sites for hydroxylation is 1. The van der Waals surface area contributed by atoms with Gasteiger partial charge in [0.05, 0.1) is 18.3 Å². The van der Waals surface area contributed by atoms with Gasteiger partial charge in [-0.1, -0.05) is 11.2 Å². The lowest BCUT2D eigenvalue weighted by atomic mass is 10.1. The highest BCUT2D eigenvalue weighted by Gasteiger charge is 2.22. The van der Waals surface area contributed by atoms with E-state index in [9.17, 15) is 13.9 Å². The Balaban J connectivity index is 1.49. The fraction of sp³-hybridized carbons (Fsp3) is 0.471. The third-order valence-electron chi connectivity index (χ3n) is 4.27. The van der Waals surface area contributed by atoms with Crippen molar-refractivity contribution in [2.24, 2.45) is 0 Å². The lowest BCUT2D eigenvalue weighted by Gasteiger charge is -2.35. The molecule has 0 saturated carbocycles. The summed E-state index contributed by atoms with van der Waals surface area (Å²) in [5.74, 6) is -0.504. The van der Waals surface area contributed by atoms with Crippen LogP contribution in [-0.2, 0) is 6.54 Å². The van der Waals surface area contributed by atoms with Crippen molar-refractivity contribution < 1.29 is 18.4 Å². The third-order valence-corrected chi connectivity index (χ3v) is 4.27. The smallest absolute Gasteiger partial charge is 0.150 e. The van der Waals surface area contributed by atoms with E-state index in [0.29, 0.717) is 13.1 Å². The molecule has 1 atom stereocenters. The number of piperazine rings is 1. The molecule has 7 heteroatoms. The van der Waals surface area contributed by atoms with E-state index < -0.39 is 17.7 Å². The van der Waals surface area contributed by atoms with Gasteiger partial charge in [-0.2, -0.15) is 0 Å². The van der Waals surface area contributed by atoms with Gasteiger partial charge in [0.1, 0.15) is 11.6 Å². The molecule has 5 nitrogen and oxygen atoms in total. The van der Waals surface area contributed by atoms with E-state index in [-0.39, 0.29) is 5.56 Å². The Morgan fingerprint density at radius 2 is 1.88 bits per heavy atom. The van der Waals surface area contributed by atoms with Crippen molar-refractivity contribution in [1.82, 2.24) is 15.0 Å². The molecule has 1 unspecified atom stereocenters. The van der Waals surface area contributed by atoms with Gasteiger partial charge in [0.2, 0.25) is 0 Å². The minimum atomic E-state index is -0.964. The maximum Gasteiger partial charge on any atom is 0.150 e. The molecule has 1 aromatic heterocycles. The lowest BCUT2D eigenvalue weighted by molar-refractivity contribution is 0.0655. The highest BCUT2D eigenvalue weighted by Crippen LogP contribution is 2.20. The van der Waals surface area contributed by atoms with Crippen molar-refractivity contribution in [3.63, 3.8) is 0 Å². The first-order valence-electron chi connectivity index (χ1n) is 8.01. The highest BCUT2D eigenvalue weighted by molar-refractivity contribution is 5.21. The molecular formula is C17H21F2N3O2. The Labute approximate surface area is 139 Å². The van der Waals surface area contributed by atoms with Gasteiger partial charge in [0.25, 0.3) is 0 Å². The lowest BCUT2D eigenvalue weighted by Crippen LogP contribution is -2.47. The molecule has 1 aliphatic rings. The van der Waals surface area contributed by atoms with Crippen molar-refractivity contribution in [1.29, 1.82) is 0 Å². The minimum Gasteiger partial charge on any atom is -0.387 e. The maximum absolute atomic E-state index is 13.7. The second-order valence-corrected chi connectivity index (χ2v) is 6.19. The SMILES string of the molecule is Cc1cc(CN2CCN(CC(O)c3ccc(F)cc3F)CC2)on1. The number of benzene rings is 1. The van der Waals surface area contributed by atoms with Crippen LogP contribution in [0.3, 0.4) is 0 Å². The minimum absolute atomic E-state index is 0.135. The number of aliphatic hydroxyl groups is 1. The summed E-state index contributed by atoms with van der Waals surface area (Å²) in [6.07, 6.45) is -0.964. The molecule has 0 aliphatic carbocycles. The maximum atomic E-state index is 13.7. The van der Waals surface area contributed by atoms with E-state index >= 15 is 0 Å². The summed E-state index contributed by atoms with van der Waals surface area (Å²) in [5, 5.41) is 14.1. The number of hydrogen-bond donors (Lipinski definition) is 1. The Hall–Kier alpha value is -1.83. The first kappa shape index (κ1) is 17.0. The highest BCUT2D eigenvalue weighted by atomic mass is 19.1. The molecule has 130 valence electrons. The number of hydrogen-bond acceptors (Lipinski definition) is 5. The van der Waals surface area contributed by atoms with Crippen LogP contribution >= 0.6 is 0 Å². The molecule has 0 spiro atoms. The zero-order valence-electron chi connectivity index (χ0n) is 13.6. The van der Waals surface area contributed by atoms with Gasteiger partial charge in [0, 0.05) is 50.4 Å². The number of β-amino-alcohol motifs (C(OH)–C–C–N with tert-alkyl or cyclic N) is 1. The Kier molecular flexibility index (Phi) is 5.23. The molecule has 3 rings (SSSR count). The fourth-order valence-corrected chi connectivity index (χ4v) is 2.96. The van der Waals surface area contributed by atoms with Crippen molar-refractivity contribution in [2.75, 3.05) is 32.7 Å². The summed E-state index contributed by atoms with van der Waals surface area (Å²) in [4.78, 5) is 4.33. The van der Waals surface area contributed by atoms with E-state index in [0.717, 1.165) is 43.7 Å². The van der Waals surface area contributed by atoms with E-state index in [1.54, 1.807) is 0 Å². The molecule has 1 aromatic carbocycles. The molecule has 0 bridgehead atoms. The van der Waals surface area contributed by atoms with Crippen molar-refractivity contribution >= 4 is 0 Å². The summed E-state index contributed by atoms with van der Waals surface area (Å²) in [6, 6.07) is 5.19. The van der Waals surface area contributed by atoms with E-state index in [2.05, 4.69) is 15.0 Å². The molecular weight excluding hydrogens is 316 g/mol. The fourth-order valence-electron chi connectivity index (χ4n) is 2.96. The van der Waals surface area contributed by atoms with Crippen LogP contribution in [0.2, 0.25) is 0 Å². The van der Waals surface area contributed by atoms with Gasteiger partial charge in [-0.05, 0) is 13.0 Å². The van der Waals surface area contributed by atoms with Crippen LogP contribution in [0.15, 0.2) is 28.8 Å². The third kappa shape index (κ3) is 4.17.